The highest BCUT2D eigenvalue weighted by molar-refractivity contribution is 7.92. The van der Waals surface area contributed by atoms with Crippen molar-refractivity contribution in [2.45, 2.75) is 18.7 Å². The van der Waals surface area contributed by atoms with E-state index in [2.05, 4.69) is 9.88 Å². The van der Waals surface area contributed by atoms with Crippen molar-refractivity contribution in [3.8, 4) is 5.75 Å². The highest BCUT2D eigenvalue weighted by atomic mass is 32.2. The van der Waals surface area contributed by atoms with Crippen LogP contribution in [0.3, 0.4) is 0 Å². The van der Waals surface area contributed by atoms with E-state index in [1.807, 2.05) is 0 Å². The van der Waals surface area contributed by atoms with Gasteiger partial charge in [0.1, 0.15) is 10.6 Å². The summed E-state index contributed by atoms with van der Waals surface area (Å²) in [5.41, 5.74) is 7.42. The summed E-state index contributed by atoms with van der Waals surface area (Å²) in [4.78, 5) is -0.0582. The Kier molecular flexibility index (Phi) is 3.58. The van der Waals surface area contributed by atoms with Crippen molar-refractivity contribution in [3.05, 3.63) is 29.5 Å². The van der Waals surface area contributed by atoms with Crippen LogP contribution < -0.4 is 15.2 Å². The first kappa shape index (κ1) is 14.2. The molecule has 0 aliphatic rings. The van der Waals surface area contributed by atoms with Gasteiger partial charge in [0.2, 0.25) is 5.88 Å². The first-order chi connectivity index (χ1) is 9.33. The second-order valence-electron chi connectivity index (χ2n) is 4.30. The normalized spacial score (nSPS) is 11.3. The predicted molar refractivity (Wildman–Crippen MR) is 74.2 cm³/mol. The van der Waals surface area contributed by atoms with Crippen molar-refractivity contribution in [3.63, 3.8) is 0 Å². The molecule has 20 heavy (non-hydrogen) atoms. The molecule has 8 heteroatoms. The molecule has 0 unspecified atom stereocenters. The number of ether oxygens (including phenoxy) is 1. The Labute approximate surface area is 116 Å². The van der Waals surface area contributed by atoms with Gasteiger partial charge in [-0.3, -0.25) is 0 Å². The lowest BCUT2D eigenvalue weighted by atomic mass is 10.2. The number of sulfonamides is 1. The molecule has 0 fully saturated rings. The molecule has 1 aromatic carbocycles. The lowest BCUT2D eigenvalue weighted by Crippen LogP contribution is -2.14. The quantitative estimate of drug-likeness (QED) is 0.831. The average Bonchev–Trinajstić information content (AvgIpc) is 2.76. The molecular formula is C12H15N3O4S. The predicted octanol–water partition coefficient (Wildman–Crippen LogP) is 1.68. The molecule has 2 rings (SSSR count). The van der Waals surface area contributed by atoms with Crippen molar-refractivity contribution < 1.29 is 17.7 Å². The molecule has 0 aliphatic heterocycles. The Balaban J connectivity index is 2.46. The number of nitrogens with zero attached hydrogens (tertiary/aromatic N) is 1. The van der Waals surface area contributed by atoms with Gasteiger partial charge in [-0.05, 0) is 31.5 Å². The third-order valence-electron chi connectivity index (χ3n) is 2.70. The Morgan fingerprint density at radius 3 is 2.55 bits per heavy atom. The van der Waals surface area contributed by atoms with Crippen molar-refractivity contribution >= 4 is 21.6 Å². The fourth-order valence-corrected chi connectivity index (χ4v) is 2.81. The first-order valence-corrected chi connectivity index (χ1v) is 7.22. The summed E-state index contributed by atoms with van der Waals surface area (Å²) < 4.78 is 36.8. The Morgan fingerprint density at radius 2 is 2.00 bits per heavy atom. The van der Waals surface area contributed by atoms with Crippen molar-refractivity contribution in [1.29, 1.82) is 0 Å². The maximum atomic E-state index is 12.3. The maximum absolute atomic E-state index is 12.3. The fraction of sp³-hybridized carbons (Fsp3) is 0.250. The molecule has 3 N–H and O–H groups in total. The largest absolute Gasteiger partial charge is 0.495 e. The SMILES string of the molecule is COc1cc(C)c(N)cc1S(=O)(=O)Nc1cc(C)no1. The van der Waals surface area contributed by atoms with E-state index in [9.17, 15) is 8.42 Å². The third-order valence-corrected chi connectivity index (χ3v) is 4.07. The standard InChI is InChI=1S/C12H15N3O4S/c1-7-4-10(18-3)11(6-9(7)13)20(16,17)15-12-5-8(2)14-19-12/h4-6,15H,13H2,1-3H3. The Hall–Kier alpha value is -2.22. The van der Waals surface area contributed by atoms with Crippen molar-refractivity contribution in [1.82, 2.24) is 5.16 Å². The number of nitrogen functional groups attached to an aromatic ring is 1. The second-order valence-corrected chi connectivity index (χ2v) is 5.95. The number of hydrogen-bond acceptors (Lipinski definition) is 6. The molecule has 1 heterocycles. The van der Waals surface area contributed by atoms with E-state index in [0.717, 1.165) is 5.56 Å². The molecule has 0 aliphatic carbocycles. The minimum atomic E-state index is -3.87. The summed E-state index contributed by atoms with van der Waals surface area (Å²) in [5, 5.41) is 3.61. The topological polar surface area (TPSA) is 107 Å². The number of nitrogens with one attached hydrogen (secondary N) is 1. The molecule has 0 saturated heterocycles. The average molecular weight is 297 g/mol. The first-order valence-electron chi connectivity index (χ1n) is 5.73. The monoisotopic (exact) mass is 297 g/mol. The van der Waals surface area contributed by atoms with Crippen LogP contribution in [-0.4, -0.2) is 20.7 Å². The van der Waals surface area contributed by atoms with Gasteiger partial charge in [0.15, 0.2) is 0 Å². The minimum absolute atomic E-state index is 0.0312. The molecule has 1 aromatic heterocycles. The van der Waals surface area contributed by atoms with Gasteiger partial charge in [-0.25, -0.2) is 13.1 Å². The van der Waals surface area contributed by atoms with E-state index in [4.69, 9.17) is 15.0 Å². The number of nitrogens with two attached hydrogens (primary N) is 1. The number of benzene rings is 1. The summed E-state index contributed by atoms with van der Waals surface area (Å²) in [6.45, 7) is 3.45. The molecular weight excluding hydrogens is 282 g/mol. The molecule has 0 saturated carbocycles. The zero-order valence-electron chi connectivity index (χ0n) is 11.3. The Bertz CT molecular complexity index is 737. The molecule has 2 aromatic rings. The van der Waals surface area contributed by atoms with Crippen LogP contribution in [0.5, 0.6) is 5.75 Å². The van der Waals surface area contributed by atoms with Gasteiger partial charge < -0.3 is 15.0 Å². The highest BCUT2D eigenvalue weighted by Gasteiger charge is 2.22. The van der Waals surface area contributed by atoms with Crippen LogP contribution in [0.15, 0.2) is 27.6 Å². The summed E-state index contributed by atoms with van der Waals surface area (Å²) in [6, 6.07) is 4.39. The van der Waals surface area contributed by atoms with Crippen LogP contribution in [0.1, 0.15) is 11.3 Å². The van der Waals surface area contributed by atoms with Gasteiger partial charge in [0.25, 0.3) is 10.0 Å². The fourth-order valence-electron chi connectivity index (χ4n) is 1.65. The summed E-state index contributed by atoms with van der Waals surface area (Å²) >= 11 is 0. The molecule has 0 spiro atoms. The number of rotatable bonds is 4. The minimum Gasteiger partial charge on any atom is -0.495 e. The molecule has 0 bridgehead atoms. The van der Waals surface area contributed by atoms with Gasteiger partial charge in [0.05, 0.1) is 12.8 Å². The van der Waals surface area contributed by atoms with E-state index in [1.54, 1.807) is 19.9 Å². The molecule has 0 atom stereocenters. The molecule has 108 valence electrons. The maximum Gasteiger partial charge on any atom is 0.268 e. The van der Waals surface area contributed by atoms with Crippen molar-refractivity contribution in [2.75, 3.05) is 17.6 Å². The summed E-state index contributed by atoms with van der Waals surface area (Å²) in [5.74, 6) is 0.240. The van der Waals surface area contributed by atoms with Gasteiger partial charge in [-0.1, -0.05) is 5.16 Å². The number of methoxy groups -OCH3 is 1. The van der Waals surface area contributed by atoms with Crippen LogP contribution in [0.4, 0.5) is 11.6 Å². The number of anilines is 2. The molecule has 0 radical (unpaired) electrons. The zero-order chi connectivity index (χ0) is 14.9. The number of aryl methyl sites for hydroxylation is 2. The van der Waals surface area contributed by atoms with Gasteiger partial charge in [-0.15, -0.1) is 0 Å². The van der Waals surface area contributed by atoms with Crippen LogP contribution in [-0.2, 0) is 10.0 Å². The Morgan fingerprint density at radius 1 is 1.30 bits per heavy atom. The number of aromatic nitrogens is 1. The smallest absolute Gasteiger partial charge is 0.268 e. The number of hydrogen-bond donors (Lipinski definition) is 2. The van der Waals surface area contributed by atoms with Crippen LogP contribution in [0.25, 0.3) is 0 Å². The van der Waals surface area contributed by atoms with E-state index < -0.39 is 10.0 Å². The van der Waals surface area contributed by atoms with Gasteiger partial charge in [-0.2, -0.15) is 0 Å². The lowest BCUT2D eigenvalue weighted by Gasteiger charge is -2.12. The molecule has 7 nitrogen and oxygen atoms in total. The van der Waals surface area contributed by atoms with E-state index in [1.165, 1.54) is 19.2 Å². The lowest BCUT2D eigenvalue weighted by molar-refractivity contribution is 0.402. The third kappa shape index (κ3) is 2.69. The zero-order valence-corrected chi connectivity index (χ0v) is 12.1. The van der Waals surface area contributed by atoms with Gasteiger partial charge in [0, 0.05) is 11.8 Å². The van der Waals surface area contributed by atoms with E-state index in [0.29, 0.717) is 11.4 Å². The summed E-state index contributed by atoms with van der Waals surface area (Å²) in [6.07, 6.45) is 0. The molecule has 0 amide bonds. The van der Waals surface area contributed by atoms with E-state index >= 15 is 0 Å². The highest BCUT2D eigenvalue weighted by Crippen LogP contribution is 2.30. The van der Waals surface area contributed by atoms with Crippen LogP contribution in [0.2, 0.25) is 0 Å². The van der Waals surface area contributed by atoms with E-state index in [-0.39, 0.29) is 16.5 Å². The van der Waals surface area contributed by atoms with Crippen LogP contribution >= 0.6 is 0 Å². The summed E-state index contributed by atoms with van der Waals surface area (Å²) in [7, 11) is -2.48. The van der Waals surface area contributed by atoms with Gasteiger partial charge >= 0.3 is 0 Å². The van der Waals surface area contributed by atoms with Crippen molar-refractivity contribution in [2.24, 2.45) is 0 Å². The van der Waals surface area contributed by atoms with Crippen LogP contribution in [0, 0.1) is 13.8 Å². The second kappa shape index (κ2) is 5.04.